The van der Waals surface area contributed by atoms with E-state index in [0.717, 1.165) is 28.9 Å². The zero-order valence-corrected chi connectivity index (χ0v) is 15.5. The molecule has 1 aliphatic heterocycles. The third-order valence-electron chi connectivity index (χ3n) is 4.19. The van der Waals surface area contributed by atoms with Crippen molar-refractivity contribution in [3.63, 3.8) is 0 Å². The predicted octanol–water partition coefficient (Wildman–Crippen LogP) is 3.48. The highest BCUT2D eigenvalue weighted by molar-refractivity contribution is 6.30. The van der Waals surface area contributed by atoms with Crippen molar-refractivity contribution in [3.8, 4) is 5.75 Å². The second kappa shape index (κ2) is 8.25. The summed E-state index contributed by atoms with van der Waals surface area (Å²) in [6, 6.07) is 13.4. The highest BCUT2D eigenvalue weighted by Gasteiger charge is 2.22. The molecule has 1 atom stereocenters. The van der Waals surface area contributed by atoms with E-state index in [4.69, 9.17) is 21.2 Å². The quantitative estimate of drug-likeness (QED) is 0.815. The minimum absolute atomic E-state index is 0.195. The van der Waals surface area contributed by atoms with E-state index in [1.807, 2.05) is 37.3 Å². The molecular weight excluding hydrogens is 352 g/mol. The van der Waals surface area contributed by atoms with Gasteiger partial charge in [-0.1, -0.05) is 35.9 Å². The van der Waals surface area contributed by atoms with Crippen LogP contribution in [0.5, 0.6) is 5.75 Å². The molecule has 0 spiro atoms. The number of carbonyl (C=O) groups is 1. The minimum Gasteiger partial charge on any atom is -0.496 e. The highest BCUT2D eigenvalue weighted by Crippen LogP contribution is 2.26. The number of hydrogen-bond donors (Lipinski definition) is 2. The molecular formula is C20H21ClN2O3. The molecule has 1 aliphatic rings. The molecule has 0 saturated carbocycles. The summed E-state index contributed by atoms with van der Waals surface area (Å²) in [5, 5.41) is 3.53. The smallest absolute Gasteiger partial charge is 0.269 e. The molecule has 5 nitrogen and oxygen atoms in total. The zero-order valence-electron chi connectivity index (χ0n) is 14.7. The minimum atomic E-state index is -0.335. The first-order valence-electron chi connectivity index (χ1n) is 8.37. The summed E-state index contributed by atoms with van der Waals surface area (Å²) in [6.45, 7) is 2.53. The number of hydroxylamine groups is 1. The molecule has 1 unspecified atom stereocenters. The number of rotatable bonds is 6. The molecule has 26 heavy (non-hydrogen) atoms. The van der Waals surface area contributed by atoms with Gasteiger partial charge in [0, 0.05) is 11.6 Å². The van der Waals surface area contributed by atoms with Gasteiger partial charge in [-0.25, -0.2) is 0 Å². The lowest BCUT2D eigenvalue weighted by molar-refractivity contribution is -0.118. The van der Waals surface area contributed by atoms with E-state index in [1.165, 1.54) is 0 Å². The molecule has 2 N–H and O–H groups in total. The van der Waals surface area contributed by atoms with Crippen molar-refractivity contribution >= 4 is 17.5 Å². The monoisotopic (exact) mass is 372 g/mol. The van der Waals surface area contributed by atoms with Crippen molar-refractivity contribution in [2.24, 2.45) is 0 Å². The summed E-state index contributed by atoms with van der Waals surface area (Å²) in [5.74, 6) is 0.669. The molecule has 0 aromatic heterocycles. The Labute approximate surface area is 157 Å². The predicted molar refractivity (Wildman–Crippen MR) is 101 cm³/mol. The van der Waals surface area contributed by atoms with Crippen LogP contribution in [0, 0.1) is 6.92 Å². The summed E-state index contributed by atoms with van der Waals surface area (Å²) < 4.78 is 5.26. The number of hydrogen-bond acceptors (Lipinski definition) is 4. The first kappa shape index (κ1) is 18.3. The number of amides is 1. The van der Waals surface area contributed by atoms with Crippen molar-refractivity contribution in [2.75, 3.05) is 13.7 Å². The van der Waals surface area contributed by atoms with E-state index in [9.17, 15) is 4.79 Å². The average Bonchev–Trinajstić information content (AvgIpc) is 3.12. The van der Waals surface area contributed by atoms with Gasteiger partial charge in [0.1, 0.15) is 17.6 Å². The van der Waals surface area contributed by atoms with Crippen molar-refractivity contribution in [3.05, 3.63) is 76.0 Å². The SMILES string of the molecule is COc1ccc(CCNC(=O)C2=CC(c3cccc(Cl)c3)ON2)cc1C. The van der Waals surface area contributed by atoms with Gasteiger partial charge in [0.05, 0.1) is 7.11 Å². The van der Waals surface area contributed by atoms with Gasteiger partial charge in [-0.15, -0.1) is 0 Å². The van der Waals surface area contributed by atoms with E-state index in [0.29, 0.717) is 17.3 Å². The van der Waals surface area contributed by atoms with Gasteiger partial charge in [-0.3, -0.25) is 15.1 Å². The molecule has 0 saturated heterocycles. The number of methoxy groups -OCH3 is 1. The Bertz CT molecular complexity index is 836. The second-order valence-electron chi connectivity index (χ2n) is 6.09. The van der Waals surface area contributed by atoms with Gasteiger partial charge in [-0.2, -0.15) is 0 Å². The highest BCUT2D eigenvalue weighted by atomic mass is 35.5. The van der Waals surface area contributed by atoms with Gasteiger partial charge in [0.2, 0.25) is 0 Å². The average molecular weight is 373 g/mol. The summed E-state index contributed by atoms with van der Waals surface area (Å²) in [7, 11) is 1.66. The van der Waals surface area contributed by atoms with Crippen LogP contribution in [0.4, 0.5) is 0 Å². The topological polar surface area (TPSA) is 59.6 Å². The Hall–Kier alpha value is -2.50. The molecule has 2 aromatic rings. The first-order valence-corrected chi connectivity index (χ1v) is 8.75. The fraction of sp³-hybridized carbons (Fsp3) is 0.250. The van der Waals surface area contributed by atoms with Gasteiger partial charge < -0.3 is 10.1 Å². The van der Waals surface area contributed by atoms with Gasteiger partial charge >= 0.3 is 0 Å². The Morgan fingerprint density at radius 3 is 2.88 bits per heavy atom. The third kappa shape index (κ3) is 4.36. The largest absolute Gasteiger partial charge is 0.496 e. The van der Waals surface area contributed by atoms with Gasteiger partial charge in [0.25, 0.3) is 5.91 Å². The Balaban J connectivity index is 1.54. The van der Waals surface area contributed by atoms with Crippen molar-refractivity contribution in [2.45, 2.75) is 19.4 Å². The number of ether oxygens (including phenoxy) is 1. The van der Waals surface area contributed by atoms with Crippen LogP contribution in [0.15, 0.2) is 54.2 Å². The molecule has 136 valence electrons. The van der Waals surface area contributed by atoms with Crippen LogP contribution >= 0.6 is 11.6 Å². The summed E-state index contributed by atoms with van der Waals surface area (Å²) in [6.07, 6.45) is 2.15. The van der Waals surface area contributed by atoms with E-state index in [1.54, 1.807) is 19.3 Å². The molecule has 0 aliphatic carbocycles. The fourth-order valence-corrected chi connectivity index (χ4v) is 3.03. The van der Waals surface area contributed by atoms with E-state index in [-0.39, 0.29) is 12.0 Å². The molecule has 1 amide bonds. The van der Waals surface area contributed by atoms with Crippen LogP contribution in [-0.4, -0.2) is 19.6 Å². The second-order valence-corrected chi connectivity index (χ2v) is 6.52. The van der Waals surface area contributed by atoms with Gasteiger partial charge in [0.15, 0.2) is 0 Å². The van der Waals surface area contributed by atoms with Crippen molar-refractivity contribution in [1.82, 2.24) is 10.8 Å². The van der Waals surface area contributed by atoms with Crippen LogP contribution < -0.4 is 15.5 Å². The molecule has 0 bridgehead atoms. The van der Waals surface area contributed by atoms with Crippen molar-refractivity contribution < 1.29 is 14.4 Å². The molecule has 0 fully saturated rings. The summed E-state index contributed by atoms with van der Waals surface area (Å²) >= 11 is 6.00. The summed E-state index contributed by atoms with van der Waals surface area (Å²) in [4.78, 5) is 17.7. The number of carbonyl (C=O) groups excluding carboxylic acids is 1. The molecule has 3 rings (SSSR count). The number of benzene rings is 2. The lowest BCUT2D eigenvalue weighted by Gasteiger charge is -2.09. The molecule has 0 radical (unpaired) electrons. The number of nitrogens with one attached hydrogen (secondary N) is 2. The standard InChI is InChI=1S/C20H21ClN2O3/c1-13-10-14(6-7-18(13)25-2)8-9-22-20(24)17-12-19(26-23-17)15-4-3-5-16(21)11-15/h3-7,10-12,19,23H,8-9H2,1-2H3,(H,22,24). The molecule has 1 heterocycles. The van der Waals surface area contributed by atoms with Gasteiger partial charge in [-0.05, 0) is 54.3 Å². The molecule has 2 aromatic carbocycles. The zero-order chi connectivity index (χ0) is 18.5. The van der Waals surface area contributed by atoms with E-state index in [2.05, 4.69) is 16.9 Å². The molecule has 6 heteroatoms. The maximum Gasteiger partial charge on any atom is 0.269 e. The third-order valence-corrected chi connectivity index (χ3v) is 4.43. The first-order chi connectivity index (χ1) is 12.6. The lowest BCUT2D eigenvalue weighted by Crippen LogP contribution is -2.31. The Morgan fingerprint density at radius 1 is 1.31 bits per heavy atom. The maximum atomic E-state index is 12.3. The summed E-state index contributed by atoms with van der Waals surface area (Å²) in [5.41, 5.74) is 6.20. The fourth-order valence-electron chi connectivity index (χ4n) is 2.83. The normalized spacial score (nSPS) is 16.0. The number of halogens is 1. The Kier molecular flexibility index (Phi) is 5.81. The Morgan fingerprint density at radius 2 is 2.15 bits per heavy atom. The van der Waals surface area contributed by atoms with Crippen molar-refractivity contribution in [1.29, 1.82) is 0 Å². The van der Waals surface area contributed by atoms with E-state index < -0.39 is 0 Å². The number of aryl methyl sites for hydroxylation is 1. The maximum absolute atomic E-state index is 12.3. The van der Waals surface area contributed by atoms with Crippen LogP contribution in [0.2, 0.25) is 5.02 Å². The van der Waals surface area contributed by atoms with Crippen LogP contribution in [0.1, 0.15) is 22.8 Å². The van der Waals surface area contributed by atoms with Crippen LogP contribution in [-0.2, 0) is 16.1 Å². The lowest BCUT2D eigenvalue weighted by atomic mass is 10.1. The van der Waals surface area contributed by atoms with Crippen LogP contribution in [0.3, 0.4) is 0 Å². The van der Waals surface area contributed by atoms with Crippen LogP contribution in [0.25, 0.3) is 0 Å². The van der Waals surface area contributed by atoms with E-state index >= 15 is 0 Å².